The van der Waals surface area contributed by atoms with E-state index in [1.807, 2.05) is 0 Å². The van der Waals surface area contributed by atoms with Gasteiger partial charge in [-0.25, -0.2) is 4.79 Å². The maximum Gasteiger partial charge on any atom is 0.336 e. The Balaban J connectivity index is 2.68. The average Bonchev–Trinajstić information content (AvgIpc) is 2.13. The molecular formula is C6H8O3. The summed E-state index contributed by atoms with van der Waals surface area (Å²) in [6, 6.07) is 0. The lowest BCUT2D eigenvalue weighted by Gasteiger charge is -1.99. The van der Waals surface area contributed by atoms with Crippen molar-refractivity contribution in [2.45, 2.75) is 13.0 Å². The third-order valence-corrected chi connectivity index (χ3v) is 1.20. The van der Waals surface area contributed by atoms with Crippen molar-refractivity contribution in [3.63, 3.8) is 0 Å². The van der Waals surface area contributed by atoms with E-state index in [4.69, 9.17) is 5.11 Å². The second-order valence-electron chi connectivity index (χ2n) is 1.93. The first-order chi connectivity index (χ1) is 4.22. The highest BCUT2D eigenvalue weighted by Gasteiger charge is 2.20. The predicted octanol–water partition coefficient (Wildman–Crippen LogP) is -0.150. The van der Waals surface area contributed by atoms with Crippen LogP contribution in [-0.2, 0) is 9.53 Å². The molecule has 0 bridgehead atoms. The molecular weight excluding hydrogens is 120 g/mol. The van der Waals surface area contributed by atoms with Crippen molar-refractivity contribution in [3.8, 4) is 0 Å². The summed E-state index contributed by atoms with van der Waals surface area (Å²) in [7, 11) is 0. The van der Waals surface area contributed by atoms with E-state index in [9.17, 15) is 4.79 Å². The van der Waals surface area contributed by atoms with Crippen LogP contribution in [0.4, 0.5) is 0 Å². The summed E-state index contributed by atoms with van der Waals surface area (Å²) in [6.45, 7) is 1.84. The van der Waals surface area contributed by atoms with Crippen molar-refractivity contribution in [2.75, 3.05) is 6.61 Å². The van der Waals surface area contributed by atoms with Crippen molar-refractivity contribution in [3.05, 3.63) is 11.6 Å². The van der Waals surface area contributed by atoms with Gasteiger partial charge >= 0.3 is 5.97 Å². The Bertz CT molecular complexity index is 158. The van der Waals surface area contributed by atoms with E-state index >= 15 is 0 Å². The molecule has 0 aliphatic carbocycles. The number of esters is 1. The monoisotopic (exact) mass is 128 g/mol. The molecule has 0 fully saturated rings. The highest BCUT2D eigenvalue weighted by atomic mass is 16.5. The molecule has 0 aromatic heterocycles. The fourth-order valence-corrected chi connectivity index (χ4v) is 0.715. The molecule has 0 spiro atoms. The molecule has 0 radical (unpaired) electrons. The zero-order valence-corrected chi connectivity index (χ0v) is 5.13. The summed E-state index contributed by atoms with van der Waals surface area (Å²) in [5, 5.41) is 8.85. The summed E-state index contributed by atoms with van der Waals surface area (Å²) in [5.74, 6) is -0.398. The predicted molar refractivity (Wildman–Crippen MR) is 30.7 cm³/mol. The molecule has 0 aromatic rings. The highest BCUT2D eigenvalue weighted by Crippen LogP contribution is 2.09. The normalized spacial score (nSPS) is 21.1. The Kier molecular flexibility index (Phi) is 1.53. The van der Waals surface area contributed by atoms with Crippen LogP contribution in [0.2, 0.25) is 0 Å². The van der Waals surface area contributed by atoms with E-state index in [0.717, 1.165) is 0 Å². The Morgan fingerprint density at radius 1 is 1.89 bits per heavy atom. The zero-order chi connectivity index (χ0) is 6.85. The fourth-order valence-electron chi connectivity index (χ4n) is 0.715. The van der Waals surface area contributed by atoms with E-state index in [2.05, 4.69) is 4.74 Å². The third-order valence-electron chi connectivity index (χ3n) is 1.20. The molecule has 3 nitrogen and oxygen atoms in total. The van der Waals surface area contributed by atoms with Gasteiger partial charge in [0.1, 0.15) is 6.61 Å². The first kappa shape index (κ1) is 6.29. The first-order valence-corrected chi connectivity index (χ1v) is 2.77. The van der Waals surface area contributed by atoms with Crippen LogP contribution in [0.5, 0.6) is 0 Å². The van der Waals surface area contributed by atoms with Crippen LogP contribution < -0.4 is 0 Å². The summed E-state index contributed by atoms with van der Waals surface area (Å²) < 4.78 is 4.54. The Labute approximate surface area is 52.9 Å². The lowest BCUT2D eigenvalue weighted by atomic mass is 10.2. The van der Waals surface area contributed by atoms with E-state index in [-0.39, 0.29) is 0 Å². The SMILES string of the molecule is CC(O)C1=CCOC1=O. The van der Waals surface area contributed by atoms with E-state index in [1.54, 1.807) is 13.0 Å². The molecule has 9 heavy (non-hydrogen) atoms. The number of cyclic esters (lactones) is 1. The Hall–Kier alpha value is -0.830. The Morgan fingerprint density at radius 3 is 2.78 bits per heavy atom. The van der Waals surface area contributed by atoms with Crippen molar-refractivity contribution in [1.82, 2.24) is 0 Å². The summed E-state index contributed by atoms with van der Waals surface area (Å²) >= 11 is 0. The molecule has 1 rings (SSSR count). The molecule has 1 N–H and O–H groups in total. The van der Waals surface area contributed by atoms with Gasteiger partial charge in [-0.15, -0.1) is 0 Å². The largest absolute Gasteiger partial charge is 0.458 e. The number of hydrogen-bond acceptors (Lipinski definition) is 3. The zero-order valence-electron chi connectivity index (χ0n) is 5.13. The van der Waals surface area contributed by atoms with Crippen LogP contribution in [0.3, 0.4) is 0 Å². The van der Waals surface area contributed by atoms with E-state index < -0.39 is 12.1 Å². The van der Waals surface area contributed by atoms with Gasteiger partial charge in [-0.05, 0) is 13.0 Å². The molecule has 3 heteroatoms. The lowest BCUT2D eigenvalue weighted by molar-refractivity contribution is -0.136. The smallest absolute Gasteiger partial charge is 0.336 e. The fraction of sp³-hybridized carbons (Fsp3) is 0.500. The third kappa shape index (κ3) is 1.10. The minimum absolute atomic E-state index is 0.305. The van der Waals surface area contributed by atoms with Crippen molar-refractivity contribution < 1.29 is 14.6 Å². The van der Waals surface area contributed by atoms with Crippen molar-refractivity contribution in [1.29, 1.82) is 0 Å². The standard InChI is InChI=1S/C6H8O3/c1-4(7)5-2-3-9-6(5)8/h2,4,7H,3H2,1H3. The molecule has 0 aromatic carbocycles. The highest BCUT2D eigenvalue weighted by molar-refractivity contribution is 5.91. The molecule has 0 amide bonds. The van der Waals surface area contributed by atoms with Crippen molar-refractivity contribution >= 4 is 5.97 Å². The number of hydrogen-bond donors (Lipinski definition) is 1. The first-order valence-electron chi connectivity index (χ1n) is 2.77. The molecule has 1 atom stereocenters. The second-order valence-corrected chi connectivity index (χ2v) is 1.93. The molecule has 1 aliphatic rings. The van der Waals surface area contributed by atoms with Crippen molar-refractivity contribution in [2.24, 2.45) is 0 Å². The van der Waals surface area contributed by atoms with Gasteiger partial charge in [-0.3, -0.25) is 0 Å². The van der Waals surface area contributed by atoms with Gasteiger partial charge in [0.15, 0.2) is 0 Å². The minimum atomic E-state index is -0.694. The van der Waals surface area contributed by atoms with Gasteiger partial charge in [0.05, 0.1) is 11.7 Å². The van der Waals surface area contributed by atoms with Gasteiger partial charge in [0.2, 0.25) is 0 Å². The number of carbonyl (C=O) groups is 1. The number of carbonyl (C=O) groups excluding carboxylic acids is 1. The van der Waals surface area contributed by atoms with Crippen LogP contribution in [0, 0.1) is 0 Å². The van der Waals surface area contributed by atoms with Crippen LogP contribution in [0.15, 0.2) is 11.6 Å². The minimum Gasteiger partial charge on any atom is -0.458 e. The Morgan fingerprint density at radius 2 is 2.56 bits per heavy atom. The number of aliphatic hydroxyl groups excluding tert-OH is 1. The van der Waals surface area contributed by atoms with Crippen LogP contribution in [-0.4, -0.2) is 23.8 Å². The average molecular weight is 128 g/mol. The maximum absolute atomic E-state index is 10.6. The van der Waals surface area contributed by atoms with Crippen LogP contribution in [0.25, 0.3) is 0 Å². The number of ether oxygens (including phenoxy) is 1. The molecule has 1 aliphatic heterocycles. The van der Waals surface area contributed by atoms with E-state index in [0.29, 0.717) is 12.2 Å². The number of rotatable bonds is 1. The molecule has 1 heterocycles. The second kappa shape index (κ2) is 2.19. The summed E-state index contributed by atoms with van der Waals surface area (Å²) in [5.41, 5.74) is 0.370. The lowest BCUT2D eigenvalue weighted by Crippen LogP contribution is -2.11. The van der Waals surface area contributed by atoms with Gasteiger partial charge in [0.25, 0.3) is 0 Å². The quantitative estimate of drug-likeness (QED) is 0.499. The molecule has 50 valence electrons. The maximum atomic E-state index is 10.6. The molecule has 1 unspecified atom stereocenters. The molecule has 0 saturated heterocycles. The summed E-state index contributed by atoms with van der Waals surface area (Å²) in [6.07, 6.45) is 0.896. The van der Waals surface area contributed by atoms with E-state index in [1.165, 1.54) is 0 Å². The van der Waals surface area contributed by atoms with Crippen LogP contribution >= 0.6 is 0 Å². The van der Waals surface area contributed by atoms with Gasteiger partial charge < -0.3 is 9.84 Å². The summed E-state index contributed by atoms with van der Waals surface area (Å²) in [4.78, 5) is 10.6. The van der Waals surface area contributed by atoms with Crippen LogP contribution in [0.1, 0.15) is 6.92 Å². The number of aliphatic hydroxyl groups is 1. The molecule has 0 saturated carbocycles. The van der Waals surface area contributed by atoms with Gasteiger partial charge in [-0.1, -0.05) is 0 Å². The van der Waals surface area contributed by atoms with Gasteiger partial charge in [-0.2, -0.15) is 0 Å². The topological polar surface area (TPSA) is 46.5 Å². The van der Waals surface area contributed by atoms with Gasteiger partial charge in [0, 0.05) is 0 Å².